The van der Waals surface area contributed by atoms with E-state index in [1.807, 2.05) is 22.6 Å². The molecule has 0 spiro atoms. The van der Waals surface area contributed by atoms with E-state index in [9.17, 15) is 4.79 Å². The minimum atomic E-state index is -1.01. The minimum absolute atomic E-state index is 0.0117. The quantitative estimate of drug-likeness (QED) is 0.772. The highest BCUT2D eigenvalue weighted by Gasteiger charge is 2.10. The number of hydrogen-bond donors (Lipinski definition) is 2. The fourth-order valence-electron chi connectivity index (χ4n) is 0.887. The lowest BCUT2D eigenvalue weighted by atomic mass is 10.1. The molecule has 0 bridgehead atoms. The maximum atomic E-state index is 10.6. The lowest BCUT2D eigenvalue weighted by Gasteiger charge is -2.03. The smallest absolute Gasteiger partial charge is 0.336 e. The van der Waals surface area contributed by atoms with E-state index < -0.39 is 5.97 Å². The van der Waals surface area contributed by atoms with E-state index in [0.29, 0.717) is 5.56 Å². The number of phenolic OH excluding ortho intramolecular Hbond substituents is 1. The van der Waals surface area contributed by atoms with E-state index in [0.717, 1.165) is 3.57 Å². The maximum Gasteiger partial charge on any atom is 0.336 e. The van der Waals surface area contributed by atoms with Gasteiger partial charge in [-0.15, -0.1) is 0 Å². The molecule has 4 heteroatoms. The van der Waals surface area contributed by atoms with Gasteiger partial charge in [0, 0.05) is 3.57 Å². The van der Waals surface area contributed by atoms with Crippen molar-refractivity contribution in [2.24, 2.45) is 0 Å². The number of halogens is 1. The number of aromatic carboxylic acids is 1. The Hall–Kier alpha value is -0.780. The summed E-state index contributed by atoms with van der Waals surface area (Å²) < 4.78 is 0.755. The van der Waals surface area contributed by atoms with Crippen LogP contribution in [0, 0.1) is 10.5 Å². The molecule has 0 unspecified atom stereocenters. The van der Waals surface area contributed by atoms with Crippen molar-refractivity contribution in [2.45, 2.75) is 6.92 Å². The molecule has 1 aromatic carbocycles. The number of carboxylic acid groups (broad SMARTS) is 1. The van der Waals surface area contributed by atoms with Gasteiger partial charge in [0.1, 0.15) is 5.75 Å². The zero-order valence-corrected chi connectivity index (χ0v) is 8.49. The topological polar surface area (TPSA) is 57.5 Å². The second kappa shape index (κ2) is 3.30. The van der Waals surface area contributed by atoms with Crippen LogP contribution in [0.15, 0.2) is 12.1 Å². The number of rotatable bonds is 1. The molecule has 64 valence electrons. The molecule has 0 aliphatic carbocycles. The highest BCUT2D eigenvalue weighted by molar-refractivity contribution is 14.1. The molecule has 2 N–H and O–H groups in total. The van der Waals surface area contributed by atoms with Gasteiger partial charge < -0.3 is 10.2 Å². The summed E-state index contributed by atoms with van der Waals surface area (Å²) in [5.74, 6) is -1.02. The Labute approximate surface area is 83.2 Å². The minimum Gasteiger partial charge on any atom is -0.508 e. The average molecular weight is 278 g/mol. The molecule has 12 heavy (non-hydrogen) atoms. The van der Waals surface area contributed by atoms with Crippen LogP contribution in [0.1, 0.15) is 15.9 Å². The van der Waals surface area contributed by atoms with Crippen molar-refractivity contribution in [2.75, 3.05) is 0 Å². The lowest BCUT2D eigenvalue weighted by Crippen LogP contribution is -2.00. The van der Waals surface area contributed by atoms with Gasteiger partial charge in [-0.3, -0.25) is 0 Å². The summed E-state index contributed by atoms with van der Waals surface area (Å²) in [6.45, 7) is 1.71. The summed E-state index contributed by atoms with van der Waals surface area (Å²) >= 11 is 1.99. The largest absolute Gasteiger partial charge is 0.508 e. The van der Waals surface area contributed by atoms with Gasteiger partial charge in [0.2, 0.25) is 0 Å². The molecule has 1 aromatic rings. The Balaban J connectivity index is 3.37. The molecule has 0 fully saturated rings. The zero-order valence-electron chi connectivity index (χ0n) is 6.34. The first-order valence-electron chi connectivity index (χ1n) is 3.25. The van der Waals surface area contributed by atoms with Crippen LogP contribution in [-0.4, -0.2) is 16.2 Å². The van der Waals surface area contributed by atoms with Gasteiger partial charge in [-0.25, -0.2) is 4.79 Å². The SMILES string of the molecule is Cc1c(I)cc(O)cc1C(=O)O. The van der Waals surface area contributed by atoms with Gasteiger partial charge in [-0.1, -0.05) is 0 Å². The summed E-state index contributed by atoms with van der Waals surface area (Å²) in [5, 5.41) is 17.8. The molecule has 0 saturated carbocycles. The van der Waals surface area contributed by atoms with Gasteiger partial charge in [0.15, 0.2) is 0 Å². The van der Waals surface area contributed by atoms with E-state index in [1.165, 1.54) is 12.1 Å². The Morgan fingerprint density at radius 2 is 2.08 bits per heavy atom. The van der Waals surface area contributed by atoms with Crippen molar-refractivity contribution in [3.63, 3.8) is 0 Å². The summed E-state index contributed by atoms with van der Waals surface area (Å²) in [5.41, 5.74) is 0.834. The molecule has 0 amide bonds. The third-order valence-corrected chi connectivity index (χ3v) is 2.68. The van der Waals surface area contributed by atoms with Gasteiger partial charge in [0.25, 0.3) is 0 Å². The Morgan fingerprint density at radius 3 is 2.58 bits per heavy atom. The van der Waals surface area contributed by atoms with E-state index in [1.54, 1.807) is 6.92 Å². The molecular weight excluding hydrogens is 271 g/mol. The van der Waals surface area contributed by atoms with E-state index >= 15 is 0 Å². The van der Waals surface area contributed by atoms with Crippen LogP contribution in [0.4, 0.5) is 0 Å². The summed E-state index contributed by atoms with van der Waals surface area (Å²) in [4.78, 5) is 10.6. The predicted octanol–water partition coefficient (Wildman–Crippen LogP) is 2.00. The highest BCUT2D eigenvalue weighted by atomic mass is 127. The summed E-state index contributed by atoms with van der Waals surface area (Å²) in [6, 6.07) is 2.78. The third kappa shape index (κ3) is 1.69. The Bertz CT molecular complexity index is 333. The fraction of sp³-hybridized carbons (Fsp3) is 0.125. The van der Waals surface area contributed by atoms with Crippen molar-refractivity contribution in [3.8, 4) is 5.75 Å². The molecule has 3 nitrogen and oxygen atoms in total. The molecule has 0 heterocycles. The number of hydrogen-bond acceptors (Lipinski definition) is 2. The summed E-state index contributed by atoms with van der Waals surface area (Å²) in [7, 11) is 0. The van der Waals surface area contributed by atoms with Crippen LogP contribution < -0.4 is 0 Å². The highest BCUT2D eigenvalue weighted by Crippen LogP contribution is 2.22. The van der Waals surface area contributed by atoms with E-state index in [-0.39, 0.29) is 11.3 Å². The first-order chi connectivity index (χ1) is 5.52. The normalized spacial score (nSPS) is 9.83. The molecule has 1 rings (SSSR count). The average Bonchev–Trinajstić information content (AvgIpc) is 1.96. The number of carboxylic acids is 1. The molecule has 0 aliphatic heterocycles. The standard InChI is InChI=1S/C8H7IO3/c1-4-6(8(11)12)2-5(10)3-7(4)9/h2-3,10H,1H3,(H,11,12). The van der Waals surface area contributed by atoms with Crippen LogP contribution in [-0.2, 0) is 0 Å². The number of aromatic hydroxyl groups is 1. The van der Waals surface area contributed by atoms with E-state index in [4.69, 9.17) is 10.2 Å². The van der Waals surface area contributed by atoms with Gasteiger partial charge in [-0.2, -0.15) is 0 Å². The van der Waals surface area contributed by atoms with Gasteiger partial charge in [0.05, 0.1) is 5.56 Å². The van der Waals surface area contributed by atoms with Crippen LogP contribution >= 0.6 is 22.6 Å². The fourth-order valence-corrected chi connectivity index (χ4v) is 1.50. The van der Waals surface area contributed by atoms with Crippen molar-refractivity contribution in [1.82, 2.24) is 0 Å². The van der Waals surface area contributed by atoms with Crippen molar-refractivity contribution in [3.05, 3.63) is 26.8 Å². The van der Waals surface area contributed by atoms with Crippen LogP contribution in [0.5, 0.6) is 5.75 Å². The van der Waals surface area contributed by atoms with Gasteiger partial charge in [-0.05, 0) is 47.2 Å². The second-order valence-electron chi connectivity index (χ2n) is 2.41. The lowest BCUT2D eigenvalue weighted by molar-refractivity contribution is 0.0695. The Morgan fingerprint density at radius 1 is 1.50 bits per heavy atom. The summed E-state index contributed by atoms with van der Waals surface area (Å²) in [6.07, 6.45) is 0. The van der Waals surface area contributed by atoms with Crippen LogP contribution in [0.3, 0.4) is 0 Å². The monoisotopic (exact) mass is 278 g/mol. The molecular formula is C8H7IO3. The molecule has 0 saturated heterocycles. The maximum absolute atomic E-state index is 10.6. The molecule has 0 aromatic heterocycles. The van der Waals surface area contributed by atoms with E-state index in [2.05, 4.69) is 0 Å². The number of phenols is 1. The number of benzene rings is 1. The molecule has 0 aliphatic rings. The first-order valence-corrected chi connectivity index (χ1v) is 4.32. The van der Waals surface area contributed by atoms with Crippen LogP contribution in [0.25, 0.3) is 0 Å². The molecule has 0 radical (unpaired) electrons. The predicted molar refractivity (Wildman–Crippen MR) is 52.5 cm³/mol. The molecule has 0 atom stereocenters. The first kappa shape index (κ1) is 9.31. The van der Waals surface area contributed by atoms with Crippen LogP contribution in [0.2, 0.25) is 0 Å². The van der Waals surface area contributed by atoms with Crippen molar-refractivity contribution in [1.29, 1.82) is 0 Å². The Kier molecular flexibility index (Phi) is 2.56. The second-order valence-corrected chi connectivity index (χ2v) is 3.57. The third-order valence-electron chi connectivity index (χ3n) is 1.56. The van der Waals surface area contributed by atoms with Gasteiger partial charge >= 0.3 is 5.97 Å². The zero-order chi connectivity index (χ0) is 9.30. The number of carbonyl (C=O) groups is 1. The van der Waals surface area contributed by atoms with Crippen molar-refractivity contribution < 1.29 is 15.0 Å². The van der Waals surface area contributed by atoms with Crippen molar-refractivity contribution >= 4 is 28.6 Å².